The molecular weight excluding hydrogens is 298 g/mol. The number of hydrogen-bond donors (Lipinski definition) is 0. The summed E-state index contributed by atoms with van der Waals surface area (Å²) < 4.78 is 32.6. The van der Waals surface area contributed by atoms with Crippen LogP contribution < -0.4 is 0 Å². The van der Waals surface area contributed by atoms with E-state index in [4.69, 9.17) is 16.0 Å². The third kappa shape index (κ3) is 2.43. The fraction of sp³-hybridized carbons (Fsp3) is 0.0625. The summed E-state index contributed by atoms with van der Waals surface area (Å²) in [6.07, 6.45) is 0. The first kappa shape index (κ1) is 13.8. The standard InChI is InChI=1S/C16H9ClF2O2/c1-8-2-3-14-9(4-8)5-15(21-14)16(20)10-6-13(19)11(17)7-12(10)18/h2-7H,1H3. The molecule has 1 heterocycles. The Morgan fingerprint density at radius 2 is 1.86 bits per heavy atom. The van der Waals surface area contributed by atoms with Crippen molar-refractivity contribution in [2.45, 2.75) is 6.92 Å². The van der Waals surface area contributed by atoms with E-state index in [2.05, 4.69) is 0 Å². The van der Waals surface area contributed by atoms with Gasteiger partial charge in [-0.05, 0) is 37.3 Å². The van der Waals surface area contributed by atoms with Crippen molar-refractivity contribution < 1.29 is 18.0 Å². The molecule has 0 spiro atoms. The van der Waals surface area contributed by atoms with Crippen LogP contribution in [0.5, 0.6) is 0 Å². The molecule has 0 atom stereocenters. The summed E-state index contributed by atoms with van der Waals surface area (Å²) in [5, 5.41) is 0.359. The van der Waals surface area contributed by atoms with Gasteiger partial charge in [0.15, 0.2) is 5.76 Å². The molecule has 0 fully saturated rings. The maximum absolute atomic E-state index is 13.8. The molecule has 106 valence electrons. The molecular formula is C16H9ClF2O2. The molecule has 0 aliphatic heterocycles. The molecule has 0 N–H and O–H groups in total. The van der Waals surface area contributed by atoms with Crippen molar-refractivity contribution in [2.75, 3.05) is 0 Å². The lowest BCUT2D eigenvalue weighted by Crippen LogP contribution is -2.04. The first-order chi connectivity index (χ1) is 9.95. The number of halogens is 3. The Hall–Kier alpha value is -2.20. The highest BCUT2D eigenvalue weighted by molar-refractivity contribution is 6.30. The molecule has 0 unspecified atom stereocenters. The minimum atomic E-state index is -0.886. The Labute approximate surface area is 123 Å². The molecule has 0 amide bonds. The fourth-order valence-corrected chi connectivity index (χ4v) is 2.25. The largest absolute Gasteiger partial charge is 0.453 e. The first-order valence-electron chi connectivity index (χ1n) is 6.15. The molecule has 0 saturated carbocycles. The van der Waals surface area contributed by atoms with Crippen molar-refractivity contribution in [3.63, 3.8) is 0 Å². The van der Waals surface area contributed by atoms with Crippen molar-refractivity contribution in [1.82, 2.24) is 0 Å². The zero-order valence-electron chi connectivity index (χ0n) is 10.9. The molecule has 0 aliphatic rings. The molecule has 5 heteroatoms. The normalized spacial score (nSPS) is 11.0. The second-order valence-corrected chi connectivity index (χ2v) is 5.13. The van der Waals surface area contributed by atoms with E-state index >= 15 is 0 Å². The van der Waals surface area contributed by atoms with E-state index < -0.39 is 23.0 Å². The number of carbonyl (C=O) groups excluding carboxylic acids is 1. The van der Waals surface area contributed by atoms with Gasteiger partial charge in [0, 0.05) is 5.39 Å². The van der Waals surface area contributed by atoms with Crippen molar-refractivity contribution >= 4 is 28.4 Å². The summed E-state index contributed by atoms with van der Waals surface area (Å²) in [6.45, 7) is 1.90. The Balaban J connectivity index is 2.10. The monoisotopic (exact) mass is 306 g/mol. The van der Waals surface area contributed by atoms with Crippen LogP contribution in [0.15, 0.2) is 40.8 Å². The summed E-state index contributed by atoms with van der Waals surface area (Å²) in [6, 6.07) is 8.46. The molecule has 21 heavy (non-hydrogen) atoms. The summed E-state index contributed by atoms with van der Waals surface area (Å²) >= 11 is 5.47. The van der Waals surface area contributed by atoms with E-state index in [1.165, 1.54) is 6.07 Å². The minimum Gasteiger partial charge on any atom is -0.453 e. The van der Waals surface area contributed by atoms with Crippen LogP contribution in [0, 0.1) is 18.6 Å². The third-order valence-electron chi connectivity index (χ3n) is 3.15. The van der Waals surface area contributed by atoms with Crippen LogP contribution in [0.2, 0.25) is 5.02 Å². The molecule has 0 aliphatic carbocycles. The highest BCUT2D eigenvalue weighted by Crippen LogP contribution is 2.25. The first-order valence-corrected chi connectivity index (χ1v) is 6.53. The van der Waals surface area contributed by atoms with Crippen molar-refractivity contribution in [1.29, 1.82) is 0 Å². The molecule has 0 bridgehead atoms. The van der Waals surface area contributed by atoms with Crippen LogP contribution in [-0.2, 0) is 0 Å². The Kier molecular flexibility index (Phi) is 3.26. The number of hydrogen-bond acceptors (Lipinski definition) is 2. The van der Waals surface area contributed by atoms with Gasteiger partial charge in [-0.3, -0.25) is 4.79 Å². The third-order valence-corrected chi connectivity index (χ3v) is 3.44. The lowest BCUT2D eigenvalue weighted by molar-refractivity contribution is 0.101. The summed E-state index contributed by atoms with van der Waals surface area (Å²) in [5.74, 6) is -2.51. The highest BCUT2D eigenvalue weighted by atomic mass is 35.5. The Bertz CT molecular complexity index is 868. The van der Waals surface area contributed by atoms with Gasteiger partial charge in [-0.2, -0.15) is 0 Å². The van der Waals surface area contributed by atoms with E-state index in [-0.39, 0.29) is 10.8 Å². The Morgan fingerprint density at radius 3 is 2.62 bits per heavy atom. The van der Waals surface area contributed by atoms with Gasteiger partial charge in [0.25, 0.3) is 0 Å². The predicted octanol–water partition coefficient (Wildman–Crippen LogP) is 4.90. The zero-order valence-corrected chi connectivity index (χ0v) is 11.7. The molecule has 1 aromatic heterocycles. The highest BCUT2D eigenvalue weighted by Gasteiger charge is 2.20. The van der Waals surface area contributed by atoms with Gasteiger partial charge in [-0.25, -0.2) is 8.78 Å². The van der Waals surface area contributed by atoms with Gasteiger partial charge in [-0.15, -0.1) is 0 Å². The van der Waals surface area contributed by atoms with Gasteiger partial charge in [0.1, 0.15) is 17.2 Å². The molecule has 2 aromatic carbocycles. The fourth-order valence-electron chi connectivity index (χ4n) is 2.10. The second-order valence-electron chi connectivity index (χ2n) is 4.73. The lowest BCUT2D eigenvalue weighted by Gasteiger charge is -2.01. The van der Waals surface area contributed by atoms with Gasteiger partial charge in [0.05, 0.1) is 10.6 Å². The number of furan rings is 1. The average molecular weight is 307 g/mol. The van der Waals surface area contributed by atoms with Gasteiger partial charge < -0.3 is 4.42 Å². The zero-order chi connectivity index (χ0) is 15.1. The quantitative estimate of drug-likeness (QED) is 0.498. The topological polar surface area (TPSA) is 30.2 Å². The van der Waals surface area contributed by atoms with Gasteiger partial charge >= 0.3 is 0 Å². The van der Waals surface area contributed by atoms with E-state index in [1.54, 1.807) is 6.07 Å². The van der Waals surface area contributed by atoms with Gasteiger partial charge in [0.2, 0.25) is 5.78 Å². The molecule has 3 aromatic rings. The van der Waals surface area contributed by atoms with Crippen LogP contribution in [0.4, 0.5) is 8.78 Å². The van der Waals surface area contributed by atoms with Crippen LogP contribution >= 0.6 is 11.6 Å². The maximum Gasteiger partial charge on any atom is 0.231 e. The maximum atomic E-state index is 13.8. The molecule has 0 radical (unpaired) electrons. The number of rotatable bonds is 2. The smallest absolute Gasteiger partial charge is 0.231 e. The van der Waals surface area contributed by atoms with Crippen LogP contribution in [0.3, 0.4) is 0 Å². The van der Waals surface area contributed by atoms with Crippen LogP contribution in [0.25, 0.3) is 11.0 Å². The number of aryl methyl sites for hydroxylation is 1. The van der Waals surface area contributed by atoms with Crippen molar-refractivity contribution in [3.05, 3.63) is 69.9 Å². The minimum absolute atomic E-state index is 0.0452. The van der Waals surface area contributed by atoms with Crippen LogP contribution in [0.1, 0.15) is 21.7 Å². The average Bonchev–Trinajstić information content (AvgIpc) is 2.85. The molecule has 2 nitrogen and oxygen atoms in total. The summed E-state index contributed by atoms with van der Waals surface area (Å²) in [4.78, 5) is 12.2. The number of carbonyl (C=O) groups is 1. The van der Waals surface area contributed by atoms with E-state index in [0.717, 1.165) is 23.1 Å². The lowest BCUT2D eigenvalue weighted by atomic mass is 10.1. The number of ketones is 1. The van der Waals surface area contributed by atoms with E-state index in [9.17, 15) is 13.6 Å². The predicted molar refractivity (Wildman–Crippen MR) is 75.8 cm³/mol. The second kappa shape index (κ2) is 4.97. The van der Waals surface area contributed by atoms with E-state index in [0.29, 0.717) is 5.58 Å². The number of fused-ring (bicyclic) bond motifs is 1. The van der Waals surface area contributed by atoms with Gasteiger partial charge in [-0.1, -0.05) is 23.2 Å². The van der Waals surface area contributed by atoms with E-state index in [1.807, 2.05) is 19.1 Å². The van der Waals surface area contributed by atoms with Crippen LogP contribution in [-0.4, -0.2) is 5.78 Å². The Morgan fingerprint density at radius 1 is 1.10 bits per heavy atom. The van der Waals surface area contributed by atoms with Crippen molar-refractivity contribution in [3.8, 4) is 0 Å². The number of benzene rings is 2. The summed E-state index contributed by atoms with van der Waals surface area (Å²) in [7, 11) is 0. The summed E-state index contributed by atoms with van der Waals surface area (Å²) in [5.41, 5.74) is 1.11. The van der Waals surface area contributed by atoms with Crippen molar-refractivity contribution in [2.24, 2.45) is 0 Å². The SMILES string of the molecule is Cc1ccc2oc(C(=O)c3cc(F)c(Cl)cc3F)cc2c1. The molecule has 0 saturated heterocycles. The molecule has 3 rings (SSSR count).